The summed E-state index contributed by atoms with van der Waals surface area (Å²) in [6.45, 7) is 3.42. The van der Waals surface area contributed by atoms with E-state index in [1.54, 1.807) is 12.3 Å². The number of Topliss-reactive ketones (excluding diaryl/α,β-unsaturated/α-hetero) is 1. The number of ketones is 1. The molecule has 1 aromatic carbocycles. The van der Waals surface area contributed by atoms with Crippen LogP contribution in [0.4, 0.5) is 10.2 Å². The molecule has 1 saturated heterocycles. The lowest BCUT2D eigenvalue weighted by Crippen LogP contribution is -2.36. The average molecular weight is 497 g/mol. The predicted molar refractivity (Wildman–Crippen MR) is 139 cm³/mol. The van der Waals surface area contributed by atoms with Gasteiger partial charge in [0.1, 0.15) is 17.1 Å². The number of allylic oxidation sites excluding steroid dienone is 1. The third-order valence-electron chi connectivity index (χ3n) is 6.56. The molecule has 1 N–H and O–H groups in total. The van der Waals surface area contributed by atoms with Crippen LogP contribution in [0.15, 0.2) is 71.5 Å². The molecule has 0 saturated carbocycles. The van der Waals surface area contributed by atoms with Gasteiger partial charge in [-0.3, -0.25) is 9.79 Å². The Morgan fingerprint density at radius 2 is 1.81 bits per heavy atom. The molecule has 0 spiro atoms. The van der Waals surface area contributed by atoms with Gasteiger partial charge >= 0.3 is 0 Å². The fourth-order valence-electron chi connectivity index (χ4n) is 4.70. The number of H-pyrrole nitrogens is 1. The number of aromatic nitrogens is 4. The topological polar surface area (TPSA) is 96.4 Å². The molecular formula is C28H25FN6O2. The van der Waals surface area contributed by atoms with Crippen molar-refractivity contribution in [2.45, 2.75) is 12.8 Å². The molecule has 9 heteroatoms. The number of anilines is 1. The minimum atomic E-state index is -0.543. The van der Waals surface area contributed by atoms with E-state index in [1.807, 2.05) is 36.4 Å². The van der Waals surface area contributed by atoms with Crippen molar-refractivity contribution in [2.75, 3.05) is 37.7 Å². The number of nitrogens with one attached hydrogen (secondary N) is 1. The van der Waals surface area contributed by atoms with Gasteiger partial charge in [0.15, 0.2) is 5.82 Å². The van der Waals surface area contributed by atoms with Crippen molar-refractivity contribution < 1.29 is 13.9 Å². The Balaban J connectivity index is 1.12. The number of pyridine rings is 2. The zero-order chi connectivity index (χ0) is 25.2. The van der Waals surface area contributed by atoms with Crippen LogP contribution in [-0.4, -0.2) is 64.3 Å². The minimum absolute atomic E-state index is 0.112. The van der Waals surface area contributed by atoms with Gasteiger partial charge in [-0.25, -0.2) is 15.0 Å². The highest BCUT2D eigenvalue weighted by molar-refractivity contribution is 6.10. The van der Waals surface area contributed by atoms with E-state index in [9.17, 15) is 9.18 Å². The lowest BCUT2D eigenvalue weighted by atomic mass is 10.0. The second-order valence-corrected chi connectivity index (χ2v) is 9.18. The fraction of sp³-hybridized carbons (Fsp3) is 0.250. The van der Waals surface area contributed by atoms with Crippen molar-refractivity contribution in [3.63, 3.8) is 0 Å². The maximum atomic E-state index is 13.4. The quantitative estimate of drug-likeness (QED) is 0.390. The monoisotopic (exact) mass is 496 g/mol. The first-order valence-corrected chi connectivity index (χ1v) is 12.3. The highest BCUT2D eigenvalue weighted by Gasteiger charge is 2.18. The Hall–Kier alpha value is -4.24. The second-order valence-electron chi connectivity index (χ2n) is 9.18. The number of morpholine rings is 1. The second kappa shape index (κ2) is 10.0. The molecule has 0 bridgehead atoms. The highest BCUT2D eigenvalue weighted by atomic mass is 19.1. The van der Waals surface area contributed by atoms with Gasteiger partial charge in [-0.2, -0.15) is 4.39 Å². The van der Waals surface area contributed by atoms with Crippen LogP contribution in [0.2, 0.25) is 0 Å². The lowest BCUT2D eigenvalue weighted by molar-refractivity contribution is -0.117. The number of aromatic amines is 1. The van der Waals surface area contributed by atoms with E-state index >= 15 is 0 Å². The van der Waals surface area contributed by atoms with Crippen molar-refractivity contribution in [2.24, 2.45) is 4.99 Å². The van der Waals surface area contributed by atoms with Crippen LogP contribution in [0.25, 0.3) is 22.4 Å². The summed E-state index contributed by atoms with van der Waals surface area (Å²) in [5.41, 5.74) is 5.96. The molecule has 3 aromatic heterocycles. The third kappa shape index (κ3) is 5.03. The summed E-state index contributed by atoms with van der Waals surface area (Å²) in [4.78, 5) is 35.7. The van der Waals surface area contributed by atoms with Crippen LogP contribution >= 0.6 is 0 Å². The largest absolute Gasteiger partial charge is 0.378 e. The van der Waals surface area contributed by atoms with E-state index in [-0.39, 0.29) is 5.78 Å². The molecule has 0 radical (unpaired) electrons. The summed E-state index contributed by atoms with van der Waals surface area (Å²) >= 11 is 0. The van der Waals surface area contributed by atoms with Crippen LogP contribution in [-0.2, 0) is 16.0 Å². The van der Waals surface area contributed by atoms with Crippen LogP contribution in [0.5, 0.6) is 0 Å². The molecule has 0 unspecified atom stereocenters. The molecule has 0 amide bonds. The Morgan fingerprint density at radius 3 is 2.62 bits per heavy atom. The Bertz CT molecular complexity index is 1520. The summed E-state index contributed by atoms with van der Waals surface area (Å²) in [7, 11) is 0. The molecular weight excluding hydrogens is 471 g/mol. The van der Waals surface area contributed by atoms with Gasteiger partial charge in [0.05, 0.1) is 31.0 Å². The number of carbonyl (C=O) groups is 1. The van der Waals surface area contributed by atoms with Gasteiger partial charge in [0.25, 0.3) is 0 Å². The molecule has 4 aromatic rings. The number of benzene rings is 1. The van der Waals surface area contributed by atoms with E-state index < -0.39 is 5.95 Å². The number of ether oxygens (including phenoxy) is 1. The predicted octanol–water partition coefficient (Wildman–Crippen LogP) is 3.93. The first-order chi connectivity index (χ1) is 18.1. The summed E-state index contributed by atoms with van der Waals surface area (Å²) in [6, 6.07) is 12.9. The van der Waals surface area contributed by atoms with Crippen molar-refractivity contribution >= 4 is 28.3 Å². The number of hydrogen-bond donors (Lipinski definition) is 1. The molecule has 2 aliphatic rings. The molecule has 8 nitrogen and oxygen atoms in total. The van der Waals surface area contributed by atoms with Gasteiger partial charge in [0.2, 0.25) is 5.95 Å². The van der Waals surface area contributed by atoms with E-state index in [2.05, 4.69) is 24.8 Å². The van der Waals surface area contributed by atoms with Gasteiger partial charge in [0, 0.05) is 55.5 Å². The molecule has 186 valence electrons. The molecule has 2 aliphatic heterocycles. The Kier molecular flexibility index (Phi) is 6.28. The van der Waals surface area contributed by atoms with Gasteiger partial charge in [-0.1, -0.05) is 24.3 Å². The third-order valence-corrected chi connectivity index (χ3v) is 6.56. The molecule has 6 rings (SSSR count). The number of carbonyl (C=O) groups excluding carboxylic acids is 1. The van der Waals surface area contributed by atoms with Gasteiger partial charge in [-0.15, -0.1) is 0 Å². The first-order valence-electron chi connectivity index (χ1n) is 12.3. The van der Waals surface area contributed by atoms with Crippen LogP contribution in [0, 0.1) is 5.95 Å². The summed E-state index contributed by atoms with van der Waals surface area (Å²) in [6.07, 6.45) is 5.74. The van der Waals surface area contributed by atoms with Crippen molar-refractivity contribution in [1.82, 2.24) is 19.9 Å². The smallest absolute Gasteiger partial charge is 0.213 e. The number of halogens is 1. The maximum Gasteiger partial charge on any atom is 0.213 e. The van der Waals surface area contributed by atoms with Crippen molar-refractivity contribution in [3.8, 4) is 11.4 Å². The summed E-state index contributed by atoms with van der Waals surface area (Å²) in [5.74, 6) is 1.21. The van der Waals surface area contributed by atoms with E-state index in [0.29, 0.717) is 43.9 Å². The fourth-order valence-corrected chi connectivity index (χ4v) is 4.70. The number of imidazole rings is 1. The average Bonchev–Trinajstić information content (AvgIpc) is 3.57. The zero-order valence-corrected chi connectivity index (χ0v) is 20.2. The number of rotatable bonds is 7. The Labute approximate surface area is 213 Å². The normalized spacial score (nSPS) is 15.6. The van der Waals surface area contributed by atoms with Crippen molar-refractivity contribution in [1.29, 1.82) is 0 Å². The van der Waals surface area contributed by atoms with E-state index in [4.69, 9.17) is 9.72 Å². The highest BCUT2D eigenvalue weighted by Crippen LogP contribution is 2.27. The number of nitrogens with zero attached hydrogens (tertiary/aromatic N) is 5. The standard InChI is InChI=1S/C28H25FN6O2/c29-25-16-21(5-7-30-25)24-15-19(17-32-24)14-22(36)13-18-1-3-20(4-2-18)27-33-23-6-8-31-28(26(23)34-27)35-9-11-37-12-10-35/h1-8,15-16H,9-14,17H2,(H,33,34). The number of hydrogen-bond acceptors (Lipinski definition) is 7. The summed E-state index contributed by atoms with van der Waals surface area (Å²) in [5, 5.41) is 0. The molecule has 5 heterocycles. The van der Waals surface area contributed by atoms with Crippen LogP contribution < -0.4 is 4.90 Å². The van der Waals surface area contributed by atoms with Crippen LogP contribution in [0.3, 0.4) is 0 Å². The lowest BCUT2D eigenvalue weighted by Gasteiger charge is -2.27. The minimum Gasteiger partial charge on any atom is -0.378 e. The van der Waals surface area contributed by atoms with Crippen molar-refractivity contribution in [3.05, 3.63) is 83.6 Å². The number of fused-ring (bicyclic) bond motifs is 1. The Morgan fingerprint density at radius 1 is 1.00 bits per heavy atom. The molecule has 1 fully saturated rings. The molecule has 0 atom stereocenters. The van der Waals surface area contributed by atoms with E-state index in [1.165, 1.54) is 12.3 Å². The zero-order valence-electron chi connectivity index (χ0n) is 20.2. The van der Waals surface area contributed by atoms with Crippen LogP contribution in [0.1, 0.15) is 17.5 Å². The molecule has 0 aliphatic carbocycles. The van der Waals surface area contributed by atoms with Gasteiger partial charge < -0.3 is 14.6 Å². The number of aliphatic imine (C=N–C) groups is 1. The summed E-state index contributed by atoms with van der Waals surface area (Å²) < 4.78 is 18.9. The SMILES string of the molecule is O=C(CC1=CC(c2ccnc(F)c2)=NC1)Cc1ccc(-c2nc3c(N4CCOCC4)nccc3[nH]2)cc1. The molecule has 37 heavy (non-hydrogen) atoms. The first kappa shape index (κ1) is 23.2. The van der Waals surface area contributed by atoms with Gasteiger partial charge in [-0.05, 0) is 29.3 Å². The van der Waals surface area contributed by atoms with E-state index in [0.717, 1.165) is 52.5 Å². The maximum absolute atomic E-state index is 13.4.